The van der Waals surface area contributed by atoms with E-state index in [-0.39, 0.29) is 24.2 Å². The van der Waals surface area contributed by atoms with E-state index in [1.807, 2.05) is 45.0 Å². The van der Waals surface area contributed by atoms with Crippen LogP contribution < -0.4 is 10.1 Å². The van der Waals surface area contributed by atoms with E-state index in [1.165, 1.54) is 5.56 Å². The zero-order chi connectivity index (χ0) is 18.2. The molecule has 1 amide bonds. The summed E-state index contributed by atoms with van der Waals surface area (Å²) < 4.78 is 5.63. The summed E-state index contributed by atoms with van der Waals surface area (Å²) in [7, 11) is 0. The fraction of sp³-hybridized carbons (Fsp3) is 0.650. The van der Waals surface area contributed by atoms with Gasteiger partial charge in [0.25, 0.3) is 0 Å². The zero-order valence-electron chi connectivity index (χ0n) is 15.7. The molecule has 5 heteroatoms. The minimum absolute atomic E-state index is 0.0345. The number of hydrogen-bond acceptors (Lipinski definition) is 4. The fourth-order valence-corrected chi connectivity index (χ4v) is 3.35. The van der Waals surface area contributed by atoms with Crippen molar-refractivity contribution in [1.29, 1.82) is 0 Å². The number of piperidine rings is 1. The van der Waals surface area contributed by atoms with Crippen LogP contribution in [0.1, 0.15) is 45.6 Å². The van der Waals surface area contributed by atoms with E-state index in [1.54, 1.807) is 0 Å². The third-order valence-corrected chi connectivity index (χ3v) is 4.60. The number of carbonyl (C=O) groups excluding carboxylic acids is 1. The second-order valence-corrected chi connectivity index (χ2v) is 7.18. The van der Waals surface area contributed by atoms with Gasteiger partial charge in [-0.15, -0.1) is 0 Å². The van der Waals surface area contributed by atoms with Crippen molar-refractivity contribution in [2.45, 2.75) is 64.7 Å². The number of rotatable bonds is 8. The Morgan fingerprint density at radius 3 is 2.64 bits per heavy atom. The minimum atomic E-state index is -0.389. The first kappa shape index (κ1) is 19.7. The Morgan fingerprint density at radius 2 is 2.00 bits per heavy atom. The molecule has 1 aliphatic rings. The minimum Gasteiger partial charge on any atom is -0.491 e. The molecule has 140 valence electrons. The molecule has 1 fully saturated rings. The predicted octanol–water partition coefficient (Wildman–Crippen LogP) is 2.37. The molecular weight excluding hydrogens is 316 g/mol. The lowest BCUT2D eigenvalue weighted by Gasteiger charge is -2.36. The Kier molecular flexibility index (Phi) is 7.72. The highest BCUT2D eigenvalue weighted by molar-refractivity contribution is 5.78. The molecule has 0 bridgehead atoms. The highest BCUT2D eigenvalue weighted by atomic mass is 16.5. The van der Waals surface area contributed by atoms with Crippen molar-refractivity contribution in [3.05, 3.63) is 29.8 Å². The van der Waals surface area contributed by atoms with Crippen LogP contribution in [0.2, 0.25) is 0 Å². The number of amides is 1. The third kappa shape index (κ3) is 6.67. The van der Waals surface area contributed by atoms with Crippen LogP contribution >= 0.6 is 0 Å². The molecular formula is C20H32N2O3. The van der Waals surface area contributed by atoms with Crippen molar-refractivity contribution in [3.8, 4) is 5.75 Å². The predicted molar refractivity (Wildman–Crippen MR) is 99.8 cm³/mol. The molecule has 1 aromatic rings. The molecule has 2 N–H and O–H groups in total. The number of aliphatic hydroxyl groups excluding tert-OH is 1. The molecule has 2 atom stereocenters. The standard InChI is InChI=1S/C20H32N2O3/c1-15(2)25-18-9-7-17(8-10-18)11-12-21-20(24)14-22-13-5-4-6-19(22)16(3)23/h7-10,15-16,19,23H,4-6,11-14H2,1-3H3,(H,21,24). The van der Waals surface area contributed by atoms with Crippen LogP contribution in [0.4, 0.5) is 0 Å². The molecule has 5 nitrogen and oxygen atoms in total. The number of nitrogens with zero attached hydrogens (tertiary/aromatic N) is 1. The SMILES string of the molecule is CC(C)Oc1ccc(CCNC(=O)CN2CCCCC2C(C)O)cc1. The van der Waals surface area contributed by atoms with Crippen molar-refractivity contribution >= 4 is 5.91 Å². The summed E-state index contributed by atoms with van der Waals surface area (Å²) in [6, 6.07) is 8.12. The van der Waals surface area contributed by atoms with Crippen LogP contribution in [-0.2, 0) is 11.2 Å². The smallest absolute Gasteiger partial charge is 0.234 e. The highest BCUT2D eigenvalue weighted by Crippen LogP contribution is 2.19. The Morgan fingerprint density at radius 1 is 1.28 bits per heavy atom. The topological polar surface area (TPSA) is 61.8 Å². The first-order valence-electron chi connectivity index (χ1n) is 9.40. The molecule has 2 unspecified atom stereocenters. The lowest BCUT2D eigenvalue weighted by Crippen LogP contribution is -2.50. The molecule has 1 aromatic carbocycles. The molecule has 1 heterocycles. The van der Waals surface area contributed by atoms with Crippen LogP contribution in [-0.4, -0.2) is 53.8 Å². The number of likely N-dealkylation sites (tertiary alicyclic amines) is 1. The second-order valence-electron chi connectivity index (χ2n) is 7.18. The van der Waals surface area contributed by atoms with Crippen molar-refractivity contribution < 1.29 is 14.6 Å². The largest absolute Gasteiger partial charge is 0.491 e. The first-order valence-corrected chi connectivity index (χ1v) is 9.40. The van der Waals surface area contributed by atoms with E-state index in [0.29, 0.717) is 13.1 Å². The van der Waals surface area contributed by atoms with Crippen molar-refractivity contribution in [2.75, 3.05) is 19.6 Å². The molecule has 2 rings (SSSR count). The van der Waals surface area contributed by atoms with Crippen molar-refractivity contribution in [3.63, 3.8) is 0 Å². The van der Waals surface area contributed by atoms with E-state index < -0.39 is 0 Å². The number of carbonyl (C=O) groups is 1. The van der Waals surface area contributed by atoms with Gasteiger partial charge in [0.05, 0.1) is 18.8 Å². The maximum absolute atomic E-state index is 12.2. The summed E-state index contributed by atoms with van der Waals surface area (Å²) in [5.41, 5.74) is 1.18. The van der Waals surface area contributed by atoms with Gasteiger partial charge in [-0.25, -0.2) is 0 Å². The molecule has 0 saturated carbocycles. The van der Waals surface area contributed by atoms with E-state index >= 15 is 0 Å². The Balaban J connectivity index is 1.72. The van der Waals surface area contributed by atoms with Gasteiger partial charge >= 0.3 is 0 Å². The normalized spacial score (nSPS) is 19.6. The molecule has 0 aromatic heterocycles. The Labute approximate surface area is 151 Å². The molecule has 25 heavy (non-hydrogen) atoms. The number of benzene rings is 1. The second kappa shape index (κ2) is 9.78. The summed E-state index contributed by atoms with van der Waals surface area (Å²) in [4.78, 5) is 14.3. The molecule has 1 saturated heterocycles. The van der Waals surface area contributed by atoms with Gasteiger partial charge in [-0.2, -0.15) is 0 Å². The van der Waals surface area contributed by atoms with Gasteiger partial charge in [-0.05, 0) is 64.3 Å². The van der Waals surface area contributed by atoms with Gasteiger partial charge < -0.3 is 15.2 Å². The summed E-state index contributed by atoms with van der Waals surface area (Å²) >= 11 is 0. The van der Waals surface area contributed by atoms with Gasteiger partial charge in [0.1, 0.15) is 5.75 Å². The zero-order valence-corrected chi connectivity index (χ0v) is 15.7. The Hall–Kier alpha value is -1.59. The maximum atomic E-state index is 12.2. The number of ether oxygens (including phenoxy) is 1. The lowest BCUT2D eigenvalue weighted by molar-refractivity contribution is -0.123. The van der Waals surface area contributed by atoms with E-state index in [2.05, 4.69) is 10.2 Å². The van der Waals surface area contributed by atoms with E-state index in [0.717, 1.165) is 38.0 Å². The van der Waals surface area contributed by atoms with Gasteiger partial charge in [-0.1, -0.05) is 18.6 Å². The lowest BCUT2D eigenvalue weighted by atomic mass is 9.98. The van der Waals surface area contributed by atoms with Crippen LogP contribution in [0.5, 0.6) is 5.75 Å². The van der Waals surface area contributed by atoms with Gasteiger partial charge in [0.15, 0.2) is 0 Å². The number of hydrogen-bond donors (Lipinski definition) is 2. The summed E-state index contributed by atoms with van der Waals surface area (Å²) in [6.07, 6.45) is 3.78. The van der Waals surface area contributed by atoms with E-state index in [9.17, 15) is 9.90 Å². The van der Waals surface area contributed by atoms with Crippen LogP contribution in [0, 0.1) is 0 Å². The number of nitrogens with one attached hydrogen (secondary N) is 1. The third-order valence-electron chi connectivity index (χ3n) is 4.60. The van der Waals surface area contributed by atoms with Crippen molar-refractivity contribution in [2.24, 2.45) is 0 Å². The monoisotopic (exact) mass is 348 g/mol. The number of aliphatic hydroxyl groups is 1. The van der Waals surface area contributed by atoms with Crippen LogP contribution in [0.15, 0.2) is 24.3 Å². The average molecular weight is 348 g/mol. The van der Waals surface area contributed by atoms with E-state index in [4.69, 9.17) is 4.74 Å². The van der Waals surface area contributed by atoms with Crippen LogP contribution in [0.3, 0.4) is 0 Å². The Bertz CT molecular complexity index is 528. The molecule has 0 aliphatic carbocycles. The molecule has 0 radical (unpaired) electrons. The quantitative estimate of drug-likeness (QED) is 0.757. The van der Waals surface area contributed by atoms with Gasteiger partial charge in [-0.3, -0.25) is 9.69 Å². The maximum Gasteiger partial charge on any atom is 0.234 e. The summed E-state index contributed by atoms with van der Waals surface area (Å²) in [5, 5.41) is 12.9. The highest BCUT2D eigenvalue weighted by Gasteiger charge is 2.27. The van der Waals surface area contributed by atoms with Crippen LogP contribution in [0.25, 0.3) is 0 Å². The fourth-order valence-electron chi connectivity index (χ4n) is 3.35. The molecule has 0 spiro atoms. The van der Waals surface area contributed by atoms with Gasteiger partial charge in [0.2, 0.25) is 5.91 Å². The summed E-state index contributed by atoms with van der Waals surface area (Å²) in [5.74, 6) is 0.907. The van der Waals surface area contributed by atoms with Crippen molar-refractivity contribution in [1.82, 2.24) is 10.2 Å². The average Bonchev–Trinajstić information content (AvgIpc) is 2.56. The molecule has 1 aliphatic heterocycles. The first-order chi connectivity index (χ1) is 12.0. The summed E-state index contributed by atoms with van der Waals surface area (Å²) in [6.45, 7) is 7.71. The van der Waals surface area contributed by atoms with Gasteiger partial charge in [0, 0.05) is 12.6 Å².